The van der Waals surface area contributed by atoms with Crippen molar-refractivity contribution in [2.75, 3.05) is 33.3 Å². The number of phenols is 1. The number of nitrogens with one attached hydrogen (secondary N) is 1. The number of hydrogen-bond acceptors (Lipinski definition) is 4. The molecule has 0 radical (unpaired) electrons. The minimum absolute atomic E-state index is 0.0780. The first-order valence-electron chi connectivity index (χ1n) is 8.22. The molecule has 0 bridgehead atoms. The van der Waals surface area contributed by atoms with Crippen molar-refractivity contribution in [1.82, 2.24) is 10.2 Å². The number of aromatic hydroxyl groups is 1. The normalized spacial score (nSPS) is 21.9. The summed E-state index contributed by atoms with van der Waals surface area (Å²) < 4.78 is 19.1. The van der Waals surface area contributed by atoms with Crippen LogP contribution < -0.4 is 10.1 Å². The second kappa shape index (κ2) is 6.84. The third-order valence-electron chi connectivity index (χ3n) is 5.00. The zero-order valence-corrected chi connectivity index (χ0v) is 13.1. The lowest BCUT2D eigenvalue weighted by Crippen LogP contribution is -2.46. The standard InChI is InChI=1S/C17H25FN2O2/c1-22-15-11-13(18)10-14(17(15)21)16(12-4-2-3-5-12)20-8-6-19-7-9-20/h10-12,16,19,21H,2-9H2,1H3/t16-/m1/s1. The number of methoxy groups -OCH3 is 1. The van der Waals surface area contributed by atoms with Crippen LogP contribution in [0.25, 0.3) is 0 Å². The number of nitrogens with zero attached hydrogens (tertiary/aromatic N) is 1. The topological polar surface area (TPSA) is 44.7 Å². The molecular formula is C17H25FN2O2. The molecule has 2 aliphatic rings. The molecule has 1 aliphatic heterocycles. The van der Waals surface area contributed by atoms with Crippen LogP contribution in [0.3, 0.4) is 0 Å². The van der Waals surface area contributed by atoms with Gasteiger partial charge in [0, 0.05) is 43.9 Å². The van der Waals surface area contributed by atoms with E-state index in [1.54, 1.807) is 0 Å². The highest BCUT2D eigenvalue weighted by Crippen LogP contribution is 2.45. The molecule has 22 heavy (non-hydrogen) atoms. The van der Waals surface area contributed by atoms with Gasteiger partial charge in [0.1, 0.15) is 5.82 Å². The van der Waals surface area contributed by atoms with Crippen LogP contribution in [0.5, 0.6) is 11.5 Å². The average molecular weight is 308 g/mol. The van der Waals surface area contributed by atoms with Gasteiger partial charge in [-0.2, -0.15) is 0 Å². The van der Waals surface area contributed by atoms with Crippen LogP contribution in [0.1, 0.15) is 37.3 Å². The summed E-state index contributed by atoms with van der Waals surface area (Å²) in [4.78, 5) is 2.39. The molecule has 122 valence electrons. The molecule has 3 rings (SSSR count). The lowest BCUT2D eigenvalue weighted by molar-refractivity contribution is 0.122. The summed E-state index contributed by atoms with van der Waals surface area (Å²) in [6.45, 7) is 3.74. The summed E-state index contributed by atoms with van der Waals surface area (Å²) in [6, 6.07) is 2.82. The second-order valence-corrected chi connectivity index (χ2v) is 6.32. The van der Waals surface area contributed by atoms with Crippen LogP contribution in [0, 0.1) is 11.7 Å². The summed E-state index contributed by atoms with van der Waals surface area (Å²) in [5, 5.41) is 13.9. The van der Waals surface area contributed by atoms with Gasteiger partial charge in [0.05, 0.1) is 7.11 Å². The number of hydrogen-bond donors (Lipinski definition) is 2. The Hall–Kier alpha value is -1.33. The van der Waals surface area contributed by atoms with Gasteiger partial charge >= 0.3 is 0 Å². The molecule has 1 aromatic rings. The number of phenolic OH excluding ortho intramolecular Hbond substituents is 1. The van der Waals surface area contributed by atoms with E-state index in [1.165, 1.54) is 32.1 Å². The molecule has 4 nitrogen and oxygen atoms in total. The Kier molecular flexibility index (Phi) is 4.84. The molecule has 0 amide bonds. The van der Waals surface area contributed by atoms with E-state index in [1.807, 2.05) is 0 Å². The summed E-state index contributed by atoms with van der Waals surface area (Å²) in [6.07, 6.45) is 4.74. The third kappa shape index (κ3) is 3.06. The van der Waals surface area contributed by atoms with Crippen LogP contribution >= 0.6 is 0 Å². The van der Waals surface area contributed by atoms with Gasteiger partial charge in [0.15, 0.2) is 11.5 Å². The van der Waals surface area contributed by atoms with E-state index >= 15 is 0 Å². The van der Waals surface area contributed by atoms with Crippen molar-refractivity contribution in [1.29, 1.82) is 0 Å². The van der Waals surface area contributed by atoms with E-state index in [-0.39, 0.29) is 23.4 Å². The van der Waals surface area contributed by atoms with E-state index in [0.717, 1.165) is 39.0 Å². The Balaban J connectivity index is 1.99. The van der Waals surface area contributed by atoms with E-state index in [9.17, 15) is 9.50 Å². The van der Waals surface area contributed by atoms with Gasteiger partial charge in [-0.25, -0.2) is 4.39 Å². The number of halogens is 1. The molecule has 1 aromatic carbocycles. The highest BCUT2D eigenvalue weighted by molar-refractivity contribution is 5.47. The van der Waals surface area contributed by atoms with Gasteiger partial charge in [0.2, 0.25) is 0 Å². The maximum Gasteiger partial charge on any atom is 0.163 e. The van der Waals surface area contributed by atoms with E-state index in [0.29, 0.717) is 11.5 Å². The van der Waals surface area contributed by atoms with E-state index in [2.05, 4.69) is 10.2 Å². The second-order valence-electron chi connectivity index (χ2n) is 6.32. The molecule has 1 saturated carbocycles. The highest BCUT2D eigenvalue weighted by atomic mass is 19.1. The Labute approximate surface area is 131 Å². The van der Waals surface area contributed by atoms with Crippen molar-refractivity contribution in [3.05, 3.63) is 23.5 Å². The van der Waals surface area contributed by atoms with Crippen molar-refractivity contribution in [3.8, 4) is 11.5 Å². The summed E-state index contributed by atoms with van der Waals surface area (Å²) in [5.74, 6) is 0.464. The minimum atomic E-state index is -0.345. The first-order chi connectivity index (χ1) is 10.7. The minimum Gasteiger partial charge on any atom is -0.504 e. The van der Waals surface area contributed by atoms with Crippen molar-refractivity contribution in [2.24, 2.45) is 5.92 Å². The van der Waals surface area contributed by atoms with E-state index in [4.69, 9.17) is 4.74 Å². The maximum atomic E-state index is 14.0. The highest BCUT2D eigenvalue weighted by Gasteiger charge is 2.34. The van der Waals surface area contributed by atoms with Gasteiger partial charge in [-0.3, -0.25) is 4.90 Å². The van der Waals surface area contributed by atoms with Crippen LogP contribution in [-0.2, 0) is 0 Å². The number of rotatable bonds is 4. The van der Waals surface area contributed by atoms with Gasteiger partial charge in [-0.15, -0.1) is 0 Å². The summed E-state index contributed by atoms with van der Waals surface area (Å²) >= 11 is 0. The molecule has 1 saturated heterocycles. The predicted molar refractivity (Wildman–Crippen MR) is 83.8 cm³/mol. The zero-order chi connectivity index (χ0) is 15.5. The van der Waals surface area contributed by atoms with Crippen LogP contribution in [0.15, 0.2) is 12.1 Å². The van der Waals surface area contributed by atoms with Gasteiger partial charge < -0.3 is 15.2 Å². The Morgan fingerprint density at radius 2 is 1.95 bits per heavy atom. The SMILES string of the molecule is COc1cc(F)cc([C@@H](C2CCCC2)N2CCNCC2)c1O. The molecular weight excluding hydrogens is 283 g/mol. The van der Waals surface area contributed by atoms with Crippen molar-refractivity contribution >= 4 is 0 Å². The lowest BCUT2D eigenvalue weighted by Gasteiger charge is -2.39. The average Bonchev–Trinajstić information content (AvgIpc) is 3.05. The molecule has 0 aromatic heterocycles. The summed E-state index contributed by atoms with van der Waals surface area (Å²) in [5.41, 5.74) is 0.686. The van der Waals surface area contributed by atoms with Crippen LogP contribution in [0.4, 0.5) is 4.39 Å². The fraction of sp³-hybridized carbons (Fsp3) is 0.647. The van der Waals surface area contributed by atoms with Crippen molar-refractivity contribution < 1.29 is 14.2 Å². The van der Waals surface area contributed by atoms with Crippen molar-refractivity contribution in [2.45, 2.75) is 31.7 Å². The molecule has 2 fully saturated rings. The fourth-order valence-corrected chi connectivity index (χ4v) is 3.96. The van der Waals surface area contributed by atoms with Crippen LogP contribution in [-0.4, -0.2) is 43.3 Å². The van der Waals surface area contributed by atoms with Crippen LogP contribution in [0.2, 0.25) is 0 Å². The Morgan fingerprint density at radius 1 is 1.27 bits per heavy atom. The molecule has 1 aliphatic carbocycles. The maximum absolute atomic E-state index is 14.0. The molecule has 2 N–H and O–H groups in total. The van der Waals surface area contributed by atoms with E-state index < -0.39 is 0 Å². The smallest absolute Gasteiger partial charge is 0.163 e. The first kappa shape index (κ1) is 15.6. The largest absolute Gasteiger partial charge is 0.504 e. The Morgan fingerprint density at radius 3 is 2.59 bits per heavy atom. The number of ether oxygens (including phenoxy) is 1. The molecule has 0 spiro atoms. The van der Waals surface area contributed by atoms with Crippen molar-refractivity contribution in [3.63, 3.8) is 0 Å². The molecule has 1 heterocycles. The molecule has 1 atom stereocenters. The zero-order valence-electron chi connectivity index (χ0n) is 13.1. The Bertz CT molecular complexity index is 512. The molecule has 0 unspecified atom stereocenters. The third-order valence-corrected chi connectivity index (χ3v) is 5.00. The lowest BCUT2D eigenvalue weighted by atomic mass is 9.89. The predicted octanol–water partition coefficient (Wildman–Crippen LogP) is 2.68. The first-order valence-corrected chi connectivity index (χ1v) is 8.22. The molecule has 5 heteroatoms. The van der Waals surface area contributed by atoms with Gasteiger partial charge in [-0.05, 0) is 24.8 Å². The van der Waals surface area contributed by atoms with Gasteiger partial charge in [0.25, 0.3) is 0 Å². The van der Waals surface area contributed by atoms with Gasteiger partial charge in [-0.1, -0.05) is 12.8 Å². The monoisotopic (exact) mass is 308 g/mol. The quantitative estimate of drug-likeness (QED) is 0.897. The summed E-state index contributed by atoms with van der Waals surface area (Å²) in [7, 11) is 1.47. The number of benzene rings is 1. The fourth-order valence-electron chi connectivity index (χ4n) is 3.96. The number of piperazine rings is 1.